The van der Waals surface area contributed by atoms with Crippen molar-refractivity contribution in [2.24, 2.45) is 0 Å². The number of hydrogen-bond donors (Lipinski definition) is 3. The van der Waals surface area contributed by atoms with Crippen LogP contribution < -0.4 is 21.3 Å². The number of ether oxygens (including phenoxy) is 1. The van der Waals surface area contributed by atoms with Crippen LogP contribution in [0.2, 0.25) is 5.02 Å². The van der Waals surface area contributed by atoms with Crippen LogP contribution in [-0.2, 0) is 9.53 Å². The number of anilines is 2. The molecule has 2 aromatic carbocycles. The van der Waals surface area contributed by atoms with Crippen LogP contribution in [0.4, 0.5) is 15.8 Å². The fourth-order valence-corrected chi connectivity index (χ4v) is 6.25. The van der Waals surface area contributed by atoms with Crippen LogP contribution in [0.1, 0.15) is 76.7 Å². The summed E-state index contributed by atoms with van der Waals surface area (Å²) in [7, 11) is 0. The molecule has 12 heteroatoms. The quantitative estimate of drug-likeness (QED) is 0.302. The van der Waals surface area contributed by atoms with Crippen molar-refractivity contribution in [2.75, 3.05) is 23.8 Å². The van der Waals surface area contributed by atoms with Gasteiger partial charge in [-0.25, -0.2) is 4.39 Å². The third-order valence-corrected chi connectivity index (χ3v) is 8.72. The van der Waals surface area contributed by atoms with E-state index in [0.717, 1.165) is 56.5 Å². The maximum atomic E-state index is 14.3. The fourth-order valence-electron chi connectivity index (χ4n) is 5.39. The van der Waals surface area contributed by atoms with Crippen molar-refractivity contribution < 1.29 is 23.5 Å². The number of halogens is 2. The maximum absolute atomic E-state index is 14.3. The minimum absolute atomic E-state index is 0.0118. The second-order valence-corrected chi connectivity index (χ2v) is 11.8. The Balaban J connectivity index is 1.50. The summed E-state index contributed by atoms with van der Waals surface area (Å²) >= 11 is 6.94. The summed E-state index contributed by atoms with van der Waals surface area (Å²) in [6.45, 7) is 0.881. The van der Waals surface area contributed by atoms with Gasteiger partial charge in [0.25, 0.3) is 11.8 Å². The zero-order chi connectivity index (χ0) is 29.6. The van der Waals surface area contributed by atoms with E-state index in [1.165, 1.54) is 29.2 Å². The molecule has 0 radical (unpaired) electrons. The van der Waals surface area contributed by atoms with E-state index < -0.39 is 29.6 Å². The van der Waals surface area contributed by atoms with Gasteiger partial charge in [-0.3, -0.25) is 19.3 Å². The average Bonchev–Trinajstić information content (AvgIpc) is 3.66. The number of aromatic nitrogens is 1. The van der Waals surface area contributed by atoms with Crippen molar-refractivity contribution in [1.82, 2.24) is 15.0 Å². The Morgan fingerprint density at radius 1 is 1.05 bits per heavy atom. The Hall–Kier alpha value is -3.54. The molecule has 4 N–H and O–H groups in total. The van der Waals surface area contributed by atoms with E-state index >= 15 is 0 Å². The summed E-state index contributed by atoms with van der Waals surface area (Å²) in [5, 5.41) is 6.33. The number of hydrogen-bond acceptors (Lipinski definition) is 7. The molecule has 9 nitrogen and oxygen atoms in total. The van der Waals surface area contributed by atoms with Crippen molar-refractivity contribution >= 4 is 52.2 Å². The summed E-state index contributed by atoms with van der Waals surface area (Å²) in [6, 6.07) is 10.6. The number of benzene rings is 2. The third kappa shape index (κ3) is 6.91. The number of nitrogens with one attached hydrogen (secondary N) is 2. The molecule has 3 amide bonds. The van der Waals surface area contributed by atoms with Gasteiger partial charge in [0.1, 0.15) is 16.7 Å². The highest BCUT2D eigenvalue weighted by molar-refractivity contribution is 7.09. The number of nitrogens with zero attached hydrogens (tertiary/aromatic N) is 2. The van der Waals surface area contributed by atoms with Gasteiger partial charge in [-0.2, -0.15) is 4.37 Å². The Labute approximate surface area is 252 Å². The van der Waals surface area contributed by atoms with Gasteiger partial charge in [0.05, 0.1) is 11.8 Å². The fraction of sp³-hybridized carbons (Fsp3) is 0.400. The molecule has 0 bridgehead atoms. The minimum Gasteiger partial charge on any atom is -0.395 e. The third-order valence-electron chi connectivity index (χ3n) is 7.62. The van der Waals surface area contributed by atoms with Crippen molar-refractivity contribution in [3.63, 3.8) is 0 Å². The molecule has 2 aliphatic rings. The monoisotopic (exact) mass is 613 g/mol. The molecule has 222 valence electrons. The number of nitrogen functional groups attached to an aromatic ring is 1. The van der Waals surface area contributed by atoms with Gasteiger partial charge in [0.15, 0.2) is 5.69 Å². The SMILES string of the molecule is Nc1c(C(=O)NC2CCCCC2)nsc1C(=O)N(c1ccc(Cl)cc1)C(C(=O)NCC1CCCO1)c1ccc(F)cc1. The highest BCUT2D eigenvalue weighted by Crippen LogP contribution is 2.34. The Bertz CT molecular complexity index is 1410. The summed E-state index contributed by atoms with van der Waals surface area (Å²) in [5.41, 5.74) is 7.03. The molecule has 1 aliphatic carbocycles. The molecule has 2 heterocycles. The van der Waals surface area contributed by atoms with E-state index in [1.807, 2.05) is 0 Å². The first-order valence-electron chi connectivity index (χ1n) is 14.1. The normalized spacial score (nSPS) is 17.9. The van der Waals surface area contributed by atoms with E-state index in [4.69, 9.17) is 22.1 Å². The van der Waals surface area contributed by atoms with E-state index in [2.05, 4.69) is 15.0 Å². The van der Waals surface area contributed by atoms with Gasteiger partial charge in [-0.15, -0.1) is 0 Å². The number of carbonyl (C=O) groups is 3. The van der Waals surface area contributed by atoms with E-state index in [-0.39, 0.29) is 34.9 Å². The summed E-state index contributed by atoms with van der Waals surface area (Å²) in [5.74, 6) is -2.04. The van der Waals surface area contributed by atoms with Crippen molar-refractivity contribution in [3.05, 3.63) is 75.5 Å². The lowest BCUT2D eigenvalue weighted by molar-refractivity contribution is -0.123. The van der Waals surface area contributed by atoms with E-state index in [1.54, 1.807) is 24.3 Å². The van der Waals surface area contributed by atoms with Crippen LogP contribution in [0.5, 0.6) is 0 Å². The summed E-state index contributed by atoms with van der Waals surface area (Å²) in [6.07, 6.45) is 6.56. The topological polar surface area (TPSA) is 127 Å². The molecule has 2 atom stereocenters. The highest BCUT2D eigenvalue weighted by Gasteiger charge is 2.37. The molecular weight excluding hydrogens is 581 g/mol. The molecule has 1 aromatic heterocycles. The van der Waals surface area contributed by atoms with Crippen LogP contribution in [0.3, 0.4) is 0 Å². The Kier molecular flexibility index (Phi) is 9.71. The Morgan fingerprint density at radius 2 is 1.76 bits per heavy atom. The summed E-state index contributed by atoms with van der Waals surface area (Å²) in [4.78, 5) is 42.5. The van der Waals surface area contributed by atoms with Crippen LogP contribution >= 0.6 is 23.1 Å². The lowest BCUT2D eigenvalue weighted by Crippen LogP contribution is -2.45. The minimum atomic E-state index is -1.21. The number of carbonyl (C=O) groups excluding carboxylic acids is 3. The van der Waals surface area contributed by atoms with Crippen LogP contribution in [0.25, 0.3) is 0 Å². The zero-order valence-electron chi connectivity index (χ0n) is 23.0. The summed E-state index contributed by atoms with van der Waals surface area (Å²) < 4.78 is 23.8. The van der Waals surface area contributed by atoms with Gasteiger partial charge in [-0.05, 0) is 79.2 Å². The van der Waals surface area contributed by atoms with Gasteiger partial charge in [0, 0.05) is 29.9 Å². The molecule has 3 aromatic rings. The van der Waals surface area contributed by atoms with Crippen molar-refractivity contribution in [1.29, 1.82) is 0 Å². The van der Waals surface area contributed by atoms with E-state index in [0.29, 0.717) is 22.9 Å². The predicted octanol–water partition coefficient (Wildman–Crippen LogP) is 5.26. The largest absolute Gasteiger partial charge is 0.395 e. The number of rotatable bonds is 9. The smallest absolute Gasteiger partial charge is 0.273 e. The van der Waals surface area contributed by atoms with Crippen LogP contribution in [0, 0.1) is 5.82 Å². The first kappa shape index (κ1) is 29.9. The Morgan fingerprint density at radius 3 is 2.43 bits per heavy atom. The predicted molar refractivity (Wildman–Crippen MR) is 160 cm³/mol. The zero-order valence-corrected chi connectivity index (χ0v) is 24.6. The van der Waals surface area contributed by atoms with Crippen LogP contribution in [-0.4, -0.2) is 47.4 Å². The highest BCUT2D eigenvalue weighted by atomic mass is 35.5. The molecule has 1 aliphatic heterocycles. The molecule has 2 fully saturated rings. The number of amides is 3. The van der Waals surface area contributed by atoms with Gasteiger partial charge in [0.2, 0.25) is 5.91 Å². The average molecular weight is 614 g/mol. The molecule has 5 rings (SSSR count). The first-order chi connectivity index (χ1) is 20.3. The van der Waals surface area contributed by atoms with Gasteiger partial charge < -0.3 is 21.1 Å². The standard InChI is InChI=1S/C30H33ClFN5O4S/c31-19-10-14-22(15-11-19)37(26(18-8-12-20(32)13-9-18)29(39)34-17-23-7-4-16-41-23)30(40)27-24(33)25(36-42-27)28(38)35-21-5-2-1-3-6-21/h8-15,21,23,26H,1-7,16-17,33H2,(H,34,39)(H,35,38). The van der Waals surface area contributed by atoms with Gasteiger partial charge >= 0.3 is 0 Å². The van der Waals surface area contributed by atoms with Crippen molar-refractivity contribution in [3.8, 4) is 0 Å². The van der Waals surface area contributed by atoms with E-state index in [9.17, 15) is 18.8 Å². The number of nitrogens with two attached hydrogens (primary N) is 1. The molecule has 1 saturated heterocycles. The first-order valence-corrected chi connectivity index (χ1v) is 15.3. The van der Waals surface area contributed by atoms with Crippen molar-refractivity contribution in [2.45, 2.75) is 63.1 Å². The molecule has 1 saturated carbocycles. The molecular formula is C30H33ClFN5O4S. The lowest BCUT2D eigenvalue weighted by atomic mass is 9.95. The molecule has 0 spiro atoms. The lowest BCUT2D eigenvalue weighted by Gasteiger charge is -2.31. The maximum Gasteiger partial charge on any atom is 0.273 e. The second kappa shape index (κ2) is 13.6. The molecule has 42 heavy (non-hydrogen) atoms. The molecule has 2 unspecified atom stereocenters. The van der Waals surface area contributed by atoms with Gasteiger partial charge in [-0.1, -0.05) is 43.0 Å². The second-order valence-electron chi connectivity index (χ2n) is 10.6. The van der Waals surface area contributed by atoms with Crippen LogP contribution in [0.15, 0.2) is 48.5 Å².